The summed E-state index contributed by atoms with van der Waals surface area (Å²) < 4.78 is 122. The highest BCUT2D eigenvalue weighted by molar-refractivity contribution is 9.10. The fraction of sp³-hybridized carbons (Fsp3) is 0.480. The van der Waals surface area contributed by atoms with Crippen LogP contribution in [0.2, 0.25) is 0 Å². The molecule has 0 saturated carbocycles. The van der Waals surface area contributed by atoms with Crippen LogP contribution >= 0.6 is 31.9 Å². The van der Waals surface area contributed by atoms with Crippen molar-refractivity contribution in [2.24, 2.45) is 0 Å². The van der Waals surface area contributed by atoms with Gasteiger partial charge in [0.25, 0.3) is 0 Å². The Morgan fingerprint density at radius 1 is 0.408 bits per heavy atom. The molecule has 3 fully saturated rings. The van der Waals surface area contributed by atoms with Crippen LogP contribution in [-0.4, -0.2) is 215 Å². The molecular weight excluding hydrogens is 2000 g/mol. The topological polar surface area (TPSA) is 443 Å². The Morgan fingerprint density at radius 2 is 0.711 bits per heavy atom. The summed E-state index contributed by atoms with van der Waals surface area (Å²) >= 11 is 6.42. The second-order valence-electron chi connectivity index (χ2n) is 42.2. The van der Waals surface area contributed by atoms with Gasteiger partial charge in [0.05, 0.1) is 55.8 Å². The van der Waals surface area contributed by atoms with Gasteiger partial charge >= 0.3 is 55.9 Å². The Morgan fingerprint density at radius 3 is 1.05 bits per heavy atom. The monoisotopic (exact) mass is 2130 g/mol. The number of terminal acetylenes is 1. The fourth-order valence-corrected chi connectivity index (χ4v) is 17.4. The number of imide groups is 3. The van der Waals surface area contributed by atoms with Gasteiger partial charge in [-0.2, -0.15) is 14.7 Å². The van der Waals surface area contributed by atoms with E-state index >= 15 is 0 Å². The lowest BCUT2D eigenvalue weighted by Gasteiger charge is -2.33. The molecule has 4 aromatic carbocycles. The van der Waals surface area contributed by atoms with Crippen molar-refractivity contribution in [2.45, 2.75) is 296 Å². The predicted octanol–water partition coefficient (Wildman–Crippen LogP) is 21.6. The van der Waals surface area contributed by atoms with E-state index in [0.717, 1.165) is 16.6 Å². The third-order valence-electron chi connectivity index (χ3n) is 20.2. The van der Waals surface area contributed by atoms with E-state index in [9.17, 15) is 55.2 Å². The highest BCUT2D eigenvalue weighted by Crippen LogP contribution is 2.41. The lowest BCUT2D eigenvalue weighted by molar-refractivity contribution is 0.00578. The van der Waals surface area contributed by atoms with Gasteiger partial charge in [0, 0.05) is 55.0 Å². The minimum atomic E-state index is -3.83. The van der Waals surface area contributed by atoms with E-state index < -0.39 is 142 Å². The predicted molar refractivity (Wildman–Crippen MR) is 540 cm³/mol. The number of rotatable bonds is 13. The summed E-state index contributed by atoms with van der Waals surface area (Å²) in [6.45, 7) is 49.8. The molecule has 2 atom stereocenters. The Balaban J connectivity index is 0.000000222. The maximum atomic E-state index is 13.8. The van der Waals surface area contributed by atoms with E-state index in [1.807, 2.05) is 88.4 Å². The molecule has 5 aromatic heterocycles. The summed E-state index contributed by atoms with van der Waals surface area (Å²) in [5.74, 6) is 2.10. The first-order chi connectivity index (χ1) is 65.4. The Hall–Kier alpha value is -12.3. The molecule has 2 unspecified atom stereocenters. The first-order valence-electron chi connectivity index (χ1n) is 45.6. The molecule has 0 aliphatic carbocycles. The smallest absolute Gasteiger partial charge is 0.444 e. The maximum Gasteiger partial charge on any atom is 0.494 e. The van der Waals surface area contributed by atoms with Gasteiger partial charge in [0.15, 0.2) is 65.7 Å². The number of sulfone groups is 2. The molecule has 0 N–H and O–H groups in total. The minimum Gasteiger partial charge on any atom is -0.444 e. The van der Waals surface area contributed by atoms with Crippen molar-refractivity contribution in [2.75, 3.05) is 40.9 Å². The van der Waals surface area contributed by atoms with Crippen molar-refractivity contribution in [1.82, 2.24) is 50.0 Å². The molecule has 8 amide bonds. The van der Waals surface area contributed by atoms with Gasteiger partial charge in [-0.1, -0.05) is 95.2 Å². The fourth-order valence-electron chi connectivity index (χ4n) is 13.4. The van der Waals surface area contributed by atoms with Crippen LogP contribution in [0.4, 0.5) is 55.8 Å². The highest BCUT2D eigenvalue weighted by Gasteiger charge is 2.52. The summed E-state index contributed by atoms with van der Waals surface area (Å²) in [4.78, 5) is 135. The molecule has 12 rings (SSSR count). The van der Waals surface area contributed by atoms with E-state index in [-0.39, 0.29) is 74.6 Å². The Bertz CT molecular complexity index is 6210. The second-order valence-corrected chi connectivity index (χ2v) is 48.3. The second kappa shape index (κ2) is 44.7. The van der Waals surface area contributed by atoms with E-state index in [1.54, 1.807) is 215 Å². The number of anilines is 3. The zero-order valence-corrected chi connectivity index (χ0v) is 90.2. The molecule has 0 bridgehead atoms. The third-order valence-corrected chi connectivity index (χ3v) is 25.4. The van der Waals surface area contributed by atoms with Crippen molar-refractivity contribution >= 4 is 130 Å². The van der Waals surface area contributed by atoms with E-state index in [2.05, 4.69) is 73.0 Å². The van der Waals surface area contributed by atoms with Gasteiger partial charge in [0.2, 0.25) is 0 Å². The largest absolute Gasteiger partial charge is 0.494 e. The van der Waals surface area contributed by atoms with Gasteiger partial charge in [0.1, 0.15) is 65.4 Å². The van der Waals surface area contributed by atoms with Gasteiger partial charge in [-0.3, -0.25) is 0 Å². The number of halogens is 2. The van der Waals surface area contributed by atoms with Crippen LogP contribution in [0.25, 0.3) is 56.7 Å². The van der Waals surface area contributed by atoms with Crippen LogP contribution in [0.5, 0.6) is 0 Å². The van der Waals surface area contributed by atoms with Crippen LogP contribution in [0.1, 0.15) is 225 Å². The molecule has 3 aliphatic rings. The molecule has 8 heterocycles. The normalized spacial score (nSPS) is 15.7. The lowest BCUT2D eigenvalue weighted by Crippen LogP contribution is -2.47. The van der Waals surface area contributed by atoms with Crippen molar-refractivity contribution < 1.29 is 111 Å². The first-order valence-corrected chi connectivity index (χ1v) is 50.3. The standard InChI is InChI=1S/C39H47N5O9S.C23H25BrN4O5.C22H34BNO6S.C16H20BrN3O4/c1-37(2,3)50-34(45)43-21-13-16-28(24-43)54(48,49)27-19-17-26(18-20-27)30-23-40-33(44(35(46)51-38(4,5)6)36(47)52-39(7,8)9)32(41-30)31-22-29(42-53-31)25-14-11-10-12-15-25;1-22(2,3)31-20(29)28(21(30)32-23(4,5)6)19-18(26-17(24)13-25-19)16-12-15(27-33-16)14-10-8-7-9-11-14;1-20(2,3)28-19(25)24-14-8-9-18(15-24)31(26,27)17-12-10-16(11-13-17)23-29-21(4,5)22(6,7)30-23;1-8-10-12(18-9-11(17)19-10)20(13(21)23-15(2,3)4)14(22)24-16(5,6)7/h10-12,14-15,17-20,22-23,28H,13,16,21,24H2,1-9H3;7-13H,1-6H3;10-13,18H,8-9,14-15H2,1-7H3;1,9H,2-7H3. The Kier molecular flexibility index (Phi) is 35.7. The summed E-state index contributed by atoms with van der Waals surface area (Å²) in [5, 5.41) is 6.82. The summed E-state index contributed by atoms with van der Waals surface area (Å²) in [5.41, 5.74) is -3.39. The number of benzene rings is 4. The number of carbonyl (C=O) groups excluding carboxylic acids is 8. The van der Waals surface area contributed by atoms with Gasteiger partial charge in [-0.15, -0.1) is 6.42 Å². The minimum absolute atomic E-state index is 0.00101. The SMILES string of the molecule is C#Cc1nc(Br)cnc1N(C(=O)OC(C)(C)C)C(=O)OC(C)(C)C.CC(C)(C)OC(=O)N(C(=O)OC(C)(C)C)c1ncc(Br)nc1-c1cc(-c2ccccc2)no1.CC(C)(C)OC(=O)N1CCCC(S(=O)(=O)c2ccc(-c3cnc(N(C(=O)OC(C)(C)C)C(=O)OC(C)(C)C)c(-c4cc(-c5ccccc5)no4)n3)cc2)C1.CC(C)(C)OC(=O)N1CCCC(S(=O)(=O)c2ccc(B3OC(C)(C)C(C)(C)O3)cc2)C1. The zero-order chi connectivity index (χ0) is 106. The number of piperidine rings is 2. The number of carbonyl (C=O) groups is 8. The van der Waals surface area contributed by atoms with E-state index in [0.29, 0.717) is 79.6 Å². The number of likely N-dealkylation sites (tertiary alicyclic amines) is 2. The number of aromatic nitrogens is 8. The molecule has 764 valence electrons. The summed E-state index contributed by atoms with van der Waals surface area (Å²) in [6, 6.07) is 34.7. The van der Waals surface area contributed by atoms with Crippen LogP contribution < -0.4 is 20.2 Å². The van der Waals surface area contributed by atoms with Gasteiger partial charge in [-0.05, 0) is 287 Å². The van der Waals surface area contributed by atoms with Crippen molar-refractivity contribution in [3.8, 4) is 69.0 Å². The molecule has 3 saturated heterocycles. The number of amides is 8. The van der Waals surface area contributed by atoms with Crippen LogP contribution in [0.15, 0.2) is 168 Å². The van der Waals surface area contributed by atoms with Crippen LogP contribution in [-0.2, 0) is 66.9 Å². The molecular formula is C100H126BBr2N13O24S2. The van der Waals surface area contributed by atoms with Crippen LogP contribution in [0, 0.1) is 12.3 Å². The molecule has 9 aromatic rings. The van der Waals surface area contributed by atoms with Gasteiger partial charge in [-0.25, -0.2) is 85.1 Å². The first kappa shape index (κ1) is 113. The number of nitrogens with zero attached hydrogens (tertiary/aromatic N) is 13. The quantitative estimate of drug-likeness (QED) is 0.0587. The molecule has 42 heteroatoms. The van der Waals surface area contributed by atoms with Crippen molar-refractivity contribution in [1.29, 1.82) is 0 Å². The average Bonchev–Trinajstić information content (AvgIpc) is 1.71. The number of ether oxygens (including phenoxy) is 8. The summed E-state index contributed by atoms with van der Waals surface area (Å²) in [6.07, 6.45) is 4.53. The molecule has 0 radical (unpaired) electrons. The number of hydrogen-bond acceptors (Lipinski definition) is 32. The van der Waals surface area contributed by atoms with Gasteiger partial charge < -0.3 is 66.0 Å². The van der Waals surface area contributed by atoms with E-state index in [1.165, 1.54) is 40.5 Å². The summed E-state index contributed by atoms with van der Waals surface area (Å²) in [7, 11) is -7.96. The van der Waals surface area contributed by atoms with E-state index in [4.69, 9.17) is 67.7 Å². The average molecular weight is 2130 g/mol. The molecule has 0 spiro atoms. The molecule has 37 nitrogen and oxygen atoms in total. The Labute approximate surface area is 846 Å². The van der Waals surface area contributed by atoms with Crippen molar-refractivity contribution in [3.63, 3.8) is 0 Å². The highest BCUT2D eigenvalue weighted by atomic mass is 79.9. The zero-order valence-electron chi connectivity index (χ0n) is 85.4. The maximum absolute atomic E-state index is 13.8. The molecule has 142 heavy (non-hydrogen) atoms. The van der Waals surface area contributed by atoms with Crippen molar-refractivity contribution in [3.05, 3.63) is 155 Å². The third kappa shape index (κ3) is 31.9. The van der Waals surface area contributed by atoms with Crippen LogP contribution in [0.3, 0.4) is 0 Å². The lowest BCUT2D eigenvalue weighted by atomic mass is 9.79. The molecule has 3 aliphatic heterocycles. The number of hydrogen-bond donors (Lipinski definition) is 0.